The van der Waals surface area contributed by atoms with Gasteiger partial charge in [-0.1, -0.05) is 6.07 Å². The summed E-state index contributed by atoms with van der Waals surface area (Å²) in [6, 6.07) is 11.3. The van der Waals surface area contributed by atoms with E-state index >= 15 is 4.39 Å². The number of pyridine rings is 1. The van der Waals surface area contributed by atoms with Crippen LogP contribution < -0.4 is 15.5 Å². The molecular formula is C31H33F2N9O2. The van der Waals surface area contributed by atoms with Gasteiger partial charge in [-0.05, 0) is 56.0 Å². The predicted molar refractivity (Wildman–Crippen MR) is 160 cm³/mol. The number of rotatable bonds is 8. The van der Waals surface area contributed by atoms with E-state index in [-0.39, 0.29) is 41.8 Å². The zero-order valence-corrected chi connectivity index (χ0v) is 24.1. The lowest BCUT2D eigenvalue weighted by molar-refractivity contribution is -0.131. The minimum atomic E-state index is -0.568. The Kier molecular flexibility index (Phi) is 8.51. The number of amides is 1. The van der Waals surface area contributed by atoms with Crippen molar-refractivity contribution in [1.82, 2.24) is 29.8 Å². The van der Waals surface area contributed by atoms with Crippen LogP contribution in [0.2, 0.25) is 0 Å². The first-order valence-electron chi connectivity index (χ1n) is 14.8. The first-order chi connectivity index (χ1) is 21.4. The number of aromatic nitrogens is 4. The molecule has 2 aliphatic heterocycles. The van der Waals surface area contributed by atoms with E-state index in [9.17, 15) is 14.3 Å². The van der Waals surface area contributed by atoms with E-state index < -0.39 is 11.6 Å². The van der Waals surface area contributed by atoms with Crippen molar-refractivity contribution in [3.05, 3.63) is 66.0 Å². The average Bonchev–Trinajstić information content (AvgIpc) is 3.47. The lowest BCUT2D eigenvalue weighted by Gasteiger charge is -2.35. The summed E-state index contributed by atoms with van der Waals surface area (Å²) in [5.74, 6) is -0.602. The molecular weight excluding hydrogens is 568 g/mol. The van der Waals surface area contributed by atoms with Crippen LogP contribution >= 0.6 is 0 Å². The van der Waals surface area contributed by atoms with Gasteiger partial charge in [-0.25, -0.2) is 18.9 Å². The van der Waals surface area contributed by atoms with Gasteiger partial charge >= 0.3 is 0 Å². The summed E-state index contributed by atoms with van der Waals surface area (Å²) in [5, 5.41) is 30.0. The molecule has 2 saturated heterocycles. The smallest absolute Gasteiger partial charge is 0.236 e. The number of halogens is 2. The summed E-state index contributed by atoms with van der Waals surface area (Å²) in [6.45, 7) is 2.27. The highest BCUT2D eigenvalue weighted by molar-refractivity contribution is 5.79. The Morgan fingerprint density at radius 3 is 2.75 bits per heavy atom. The van der Waals surface area contributed by atoms with Crippen LogP contribution in [0.1, 0.15) is 37.7 Å². The first kappa shape index (κ1) is 29.3. The number of carbonyl (C=O) groups excluding carboxylic acids is 1. The molecule has 5 heterocycles. The third-order valence-electron chi connectivity index (χ3n) is 8.26. The summed E-state index contributed by atoms with van der Waals surface area (Å²) >= 11 is 0. The number of likely N-dealkylation sites (tertiary alicyclic amines) is 1. The SMILES string of the molecule is N#CCC(=O)N1CCC[C@@H](Nc2nc(-c3cnn4ccccc34)nc(N3CCC(NCc4cc(F)ccc4O)CC3)c2F)C1. The molecule has 1 amide bonds. The van der Waals surface area contributed by atoms with Crippen LogP contribution in [0.5, 0.6) is 5.75 Å². The van der Waals surface area contributed by atoms with Crippen LogP contribution in [0.3, 0.4) is 0 Å². The second-order valence-corrected chi connectivity index (χ2v) is 11.2. The molecule has 2 aliphatic rings. The van der Waals surface area contributed by atoms with Crippen LogP contribution in [0, 0.1) is 23.0 Å². The highest BCUT2D eigenvalue weighted by Crippen LogP contribution is 2.32. The number of carbonyl (C=O) groups is 1. The molecule has 3 N–H and O–H groups in total. The van der Waals surface area contributed by atoms with Gasteiger partial charge in [0.1, 0.15) is 18.0 Å². The number of hydrogen-bond acceptors (Lipinski definition) is 9. The van der Waals surface area contributed by atoms with Crippen molar-refractivity contribution in [2.75, 3.05) is 36.4 Å². The molecule has 228 valence electrons. The van der Waals surface area contributed by atoms with Crippen LogP contribution in [0.4, 0.5) is 20.4 Å². The third kappa shape index (κ3) is 6.26. The normalized spacial score (nSPS) is 17.5. The second kappa shape index (κ2) is 12.8. The van der Waals surface area contributed by atoms with Crippen molar-refractivity contribution < 1.29 is 18.7 Å². The Bertz CT molecular complexity index is 1700. The Balaban J connectivity index is 1.23. The Labute approximate surface area is 253 Å². The summed E-state index contributed by atoms with van der Waals surface area (Å²) < 4.78 is 31.6. The van der Waals surface area contributed by atoms with E-state index in [0.29, 0.717) is 62.5 Å². The number of aromatic hydroxyl groups is 1. The number of phenolic OH excluding ortho intramolecular Hbond substituents is 1. The Morgan fingerprint density at radius 2 is 1.93 bits per heavy atom. The van der Waals surface area contributed by atoms with Crippen LogP contribution in [0.25, 0.3) is 16.9 Å². The number of nitrogens with zero attached hydrogens (tertiary/aromatic N) is 7. The van der Waals surface area contributed by atoms with Crippen molar-refractivity contribution in [3.63, 3.8) is 0 Å². The zero-order chi connectivity index (χ0) is 30.6. The van der Waals surface area contributed by atoms with E-state index in [0.717, 1.165) is 18.4 Å². The topological polar surface area (TPSA) is 135 Å². The van der Waals surface area contributed by atoms with Crippen molar-refractivity contribution >= 4 is 23.1 Å². The fourth-order valence-electron chi connectivity index (χ4n) is 5.91. The van der Waals surface area contributed by atoms with Gasteiger partial charge in [0, 0.05) is 56.6 Å². The molecule has 11 nitrogen and oxygen atoms in total. The number of nitrogens with one attached hydrogen (secondary N) is 2. The molecule has 6 rings (SSSR count). The molecule has 0 aliphatic carbocycles. The lowest BCUT2D eigenvalue weighted by atomic mass is 10.0. The standard InChI is InChI=1S/C31H33F2N9O2/c32-21-6-7-26(43)20(16-21)17-35-22-9-14-40(15-10-22)31-28(33)30(37-23-4-3-12-41(19-23)27(44)8-11-34)38-29(39-31)24-18-36-42-13-2-1-5-25(24)42/h1-2,5-7,13,16,18,22-23,35,43H,3-4,8-10,12,14-15,17,19H2,(H,37,38,39)/t23-/m1/s1. The fraction of sp³-hybridized carbons (Fsp3) is 0.387. The van der Waals surface area contributed by atoms with E-state index in [1.54, 1.807) is 15.6 Å². The maximum atomic E-state index is 16.2. The highest BCUT2D eigenvalue weighted by atomic mass is 19.1. The molecule has 0 radical (unpaired) electrons. The maximum Gasteiger partial charge on any atom is 0.236 e. The Morgan fingerprint density at radius 1 is 1.09 bits per heavy atom. The number of phenols is 1. The van der Waals surface area contributed by atoms with Gasteiger partial charge in [0.25, 0.3) is 0 Å². The number of hydrogen-bond donors (Lipinski definition) is 3. The summed E-state index contributed by atoms with van der Waals surface area (Å²) in [7, 11) is 0. The number of nitriles is 1. The summed E-state index contributed by atoms with van der Waals surface area (Å²) in [6.07, 6.45) is 6.11. The van der Waals surface area contributed by atoms with Crippen LogP contribution in [-0.4, -0.2) is 73.8 Å². The lowest BCUT2D eigenvalue weighted by Crippen LogP contribution is -2.45. The Hall–Kier alpha value is -4.83. The molecule has 0 unspecified atom stereocenters. The fourth-order valence-corrected chi connectivity index (χ4v) is 5.91. The van der Waals surface area contributed by atoms with E-state index in [2.05, 4.69) is 20.7 Å². The third-order valence-corrected chi connectivity index (χ3v) is 8.26. The molecule has 0 spiro atoms. The molecule has 44 heavy (non-hydrogen) atoms. The molecule has 4 aromatic rings. The summed E-state index contributed by atoms with van der Waals surface area (Å²) in [5.41, 5.74) is 1.93. The molecule has 3 aromatic heterocycles. The van der Waals surface area contributed by atoms with Crippen LogP contribution in [0.15, 0.2) is 48.8 Å². The van der Waals surface area contributed by atoms with Crippen molar-refractivity contribution in [2.45, 2.75) is 50.7 Å². The van der Waals surface area contributed by atoms with Gasteiger partial charge in [-0.2, -0.15) is 14.8 Å². The zero-order valence-electron chi connectivity index (χ0n) is 24.1. The monoisotopic (exact) mass is 601 g/mol. The van der Waals surface area contributed by atoms with E-state index in [1.807, 2.05) is 35.4 Å². The number of fused-ring (bicyclic) bond motifs is 1. The van der Waals surface area contributed by atoms with E-state index in [4.69, 9.17) is 10.2 Å². The van der Waals surface area contributed by atoms with E-state index in [1.165, 1.54) is 18.2 Å². The van der Waals surface area contributed by atoms with Crippen molar-refractivity contribution in [1.29, 1.82) is 5.26 Å². The quantitative estimate of drug-likeness (QED) is 0.275. The molecule has 13 heteroatoms. The minimum Gasteiger partial charge on any atom is -0.508 e. The van der Waals surface area contributed by atoms with Crippen LogP contribution in [-0.2, 0) is 11.3 Å². The number of benzene rings is 1. The van der Waals surface area contributed by atoms with Crippen molar-refractivity contribution in [3.8, 4) is 23.2 Å². The molecule has 1 aromatic carbocycles. The molecule has 1 atom stereocenters. The molecule has 0 saturated carbocycles. The first-order valence-corrected chi connectivity index (χ1v) is 14.8. The van der Waals surface area contributed by atoms with Gasteiger partial charge in [-0.3, -0.25) is 4.79 Å². The second-order valence-electron chi connectivity index (χ2n) is 11.2. The van der Waals surface area contributed by atoms with Crippen molar-refractivity contribution in [2.24, 2.45) is 0 Å². The minimum absolute atomic E-state index is 0.0372. The van der Waals surface area contributed by atoms with Gasteiger partial charge in [0.05, 0.1) is 23.3 Å². The predicted octanol–water partition coefficient (Wildman–Crippen LogP) is 3.85. The molecule has 2 fully saturated rings. The van der Waals surface area contributed by atoms with Gasteiger partial charge in [0.15, 0.2) is 17.5 Å². The highest BCUT2D eigenvalue weighted by Gasteiger charge is 2.29. The van der Waals surface area contributed by atoms with Gasteiger partial charge in [-0.15, -0.1) is 0 Å². The number of piperidine rings is 2. The maximum absolute atomic E-state index is 16.2. The van der Waals surface area contributed by atoms with Gasteiger partial charge < -0.3 is 25.5 Å². The molecule has 0 bridgehead atoms. The summed E-state index contributed by atoms with van der Waals surface area (Å²) in [4.78, 5) is 25.2. The van der Waals surface area contributed by atoms with Gasteiger partial charge in [0.2, 0.25) is 11.7 Å². The largest absolute Gasteiger partial charge is 0.508 e. The number of anilines is 2. The average molecular weight is 602 g/mol.